The molecule has 0 aliphatic carbocycles. The highest BCUT2D eigenvalue weighted by atomic mass is 16.2. The number of nitrogens with one attached hydrogen (secondary N) is 2. The van der Waals surface area contributed by atoms with Crippen molar-refractivity contribution in [3.8, 4) is 0 Å². The third-order valence-corrected chi connectivity index (χ3v) is 2.64. The van der Waals surface area contributed by atoms with Gasteiger partial charge in [-0.3, -0.25) is 19.6 Å². The van der Waals surface area contributed by atoms with E-state index in [1.165, 1.54) is 10.0 Å². The molecule has 0 fully saturated rings. The van der Waals surface area contributed by atoms with Crippen LogP contribution < -0.4 is 10.9 Å². The molecule has 1 aromatic carbocycles. The van der Waals surface area contributed by atoms with Crippen molar-refractivity contribution < 1.29 is 9.59 Å². The van der Waals surface area contributed by atoms with Crippen molar-refractivity contribution in [2.45, 2.75) is 0 Å². The molecular weight excluding hydrogens is 232 g/mol. The largest absolute Gasteiger partial charge is 0.277 e. The predicted octanol–water partition coefficient (Wildman–Crippen LogP) is 0.0994. The van der Waals surface area contributed by atoms with Crippen molar-refractivity contribution in [2.24, 2.45) is 0 Å². The lowest BCUT2D eigenvalue weighted by Gasteiger charge is -2.17. The number of nitrogens with zero attached hydrogens (tertiary/aromatic N) is 2. The fourth-order valence-corrected chi connectivity index (χ4v) is 1.38. The Hall–Kier alpha value is -1.92. The fourth-order valence-electron chi connectivity index (χ4n) is 1.38. The van der Waals surface area contributed by atoms with Gasteiger partial charge in [-0.1, -0.05) is 6.07 Å². The summed E-state index contributed by atoms with van der Waals surface area (Å²) in [4.78, 5) is 23.8. The van der Waals surface area contributed by atoms with E-state index in [-0.39, 0.29) is 11.8 Å². The molecule has 6 nitrogen and oxygen atoms in total. The van der Waals surface area contributed by atoms with Crippen LogP contribution in [0.1, 0.15) is 20.7 Å². The maximum absolute atomic E-state index is 11.9. The number of amides is 2. The normalized spacial score (nSPS) is 10.0. The summed E-state index contributed by atoms with van der Waals surface area (Å²) in [5, 5.41) is 2.71. The van der Waals surface area contributed by atoms with E-state index in [1.807, 2.05) is 0 Å². The highest BCUT2D eigenvalue weighted by Crippen LogP contribution is 2.08. The van der Waals surface area contributed by atoms with E-state index >= 15 is 0 Å². The van der Waals surface area contributed by atoms with E-state index in [4.69, 9.17) is 0 Å². The maximum atomic E-state index is 11.9. The van der Waals surface area contributed by atoms with Crippen LogP contribution in [0.25, 0.3) is 0 Å². The molecule has 0 saturated heterocycles. The molecule has 0 bridgehead atoms. The Kier molecular flexibility index (Phi) is 4.82. The van der Waals surface area contributed by atoms with E-state index < -0.39 is 0 Å². The summed E-state index contributed by atoms with van der Waals surface area (Å²) in [5.74, 6) is -0.390. The van der Waals surface area contributed by atoms with Crippen molar-refractivity contribution in [3.63, 3.8) is 0 Å². The minimum atomic E-state index is -0.195. The Labute approximate surface area is 107 Å². The van der Waals surface area contributed by atoms with Crippen LogP contribution in [-0.2, 0) is 0 Å². The second-order valence-electron chi connectivity index (χ2n) is 3.76. The Morgan fingerprint density at radius 3 is 1.67 bits per heavy atom. The second-order valence-corrected chi connectivity index (χ2v) is 3.76. The SMILES string of the molecule is CNN(C)C(=O)c1cccc(C(=O)N(C)NC)c1. The monoisotopic (exact) mass is 250 g/mol. The van der Waals surface area contributed by atoms with Crippen molar-refractivity contribution in [1.29, 1.82) is 0 Å². The Morgan fingerprint density at radius 2 is 1.33 bits per heavy atom. The van der Waals surface area contributed by atoms with Crippen LogP contribution in [0, 0.1) is 0 Å². The topological polar surface area (TPSA) is 64.7 Å². The van der Waals surface area contributed by atoms with Gasteiger partial charge >= 0.3 is 0 Å². The first kappa shape index (κ1) is 14.1. The molecule has 18 heavy (non-hydrogen) atoms. The molecule has 1 aromatic rings. The van der Waals surface area contributed by atoms with Crippen LogP contribution in [0.15, 0.2) is 24.3 Å². The minimum absolute atomic E-state index is 0.195. The second kappa shape index (κ2) is 6.13. The summed E-state index contributed by atoms with van der Waals surface area (Å²) >= 11 is 0. The highest BCUT2D eigenvalue weighted by molar-refractivity contribution is 5.99. The van der Waals surface area contributed by atoms with Gasteiger partial charge in [-0.15, -0.1) is 0 Å². The molecule has 2 amide bonds. The average Bonchev–Trinajstić information content (AvgIpc) is 2.43. The average molecular weight is 250 g/mol. The van der Waals surface area contributed by atoms with Gasteiger partial charge in [-0.2, -0.15) is 0 Å². The molecule has 0 aromatic heterocycles. The number of carbonyl (C=O) groups is 2. The zero-order valence-electron chi connectivity index (χ0n) is 11.0. The van der Waals surface area contributed by atoms with Crippen LogP contribution >= 0.6 is 0 Å². The highest BCUT2D eigenvalue weighted by Gasteiger charge is 2.14. The van der Waals surface area contributed by atoms with E-state index in [0.29, 0.717) is 11.1 Å². The molecule has 0 saturated carbocycles. The van der Waals surface area contributed by atoms with Crippen molar-refractivity contribution in [3.05, 3.63) is 35.4 Å². The lowest BCUT2D eigenvalue weighted by Crippen LogP contribution is -2.38. The van der Waals surface area contributed by atoms with Crippen LogP contribution in [-0.4, -0.2) is 50.0 Å². The molecule has 0 radical (unpaired) electrons. The standard InChI is InChI=1S/C12H18N4O2/c1-13-15(3)11(17)9-6-5-7-10(8-9)12(18)16(4)14-2/h5-8,13-14H,1-4H3. The molecular formula is C12H18N4O2. The summed E-state index contributed by atoms with van der Waals surface area (Å²) < 4.78 is 0. The first-order chi connectivity index (χ1) is 8.51. The Balaban J connectivity index is 2.99. The molecule has 98 valence electrons. The molecule has 0 heterocycles. The van der Waals surface area contributed by atoms with Crippen LogP contribution in [0.5, 0.6) is 0 Å². The maximum Gasteiger partial charge on any atom is 0.267 e. The predicted molar refractivity (Wildman–Crippen MR) is 68.7 cm³/mol. The fraction of sp³-hybridized carbons (Fsp3) is 0.333. The summed E-state index contributed by atoms with van der Waals surface area (Å²) in [6, 6.07) is 6.61. The molecule has 2 N–H and O–H groups in total. The van der Waals surface area contributed by atoms with Crippen molar-refractivity contribution in [1.82, 2.24) is 20.9 Å². The third kappa shape index (κ3) is 3.06. The van der Waals surface area contributed by atoms with Gasteiger partial charge in [0, 0.05) is 39.3 Å². The molecule has 0 spiro atoms. The van der Waals surface area contributed by atoms with Crippen LogP contribution in [0.2, 0.25) is 0 Å². The van der Waals surface area contributed by atoms with Gasteiger partial charge in [0.1, 0.15) is 0 Å². The van der Waals surface area contributed by atoms with Gasteiger partial charge in [0.25, 0.3) is 11.8 Å². The van der Waals surface area contributed by atoms with Gasteiger partial charge in [-0.25, -0.2) is 10.9 Å². The molecule has 0 aliphatic heterocycles. The summed E-state index contributed by atoms with van der Waals surface area (Å²) in [7, 11) is 6.55. The van der Waals surface area contributed by atoms with Gasteiger partial charge in [0.2, 0.25) is 0 Å². The summed E-state index contributed by atoms with van der Waals surface area (Å²) in [6.45, 7) is 0. The smallest absolute Gasteiger partial charge is 0.267 e. The van der Waals surface area contributed by atoms with Crippen molar-refractivity contribution in [2.75, 3.05) is 28.2 Å². The molecule has 0 aliphatic rings. The van der Waals surface area contributed by atoms with Gasteiger partial charge in [0.05, 0.1) is 0 Å². The van der Waals surface area contributed by atoms with Crippen LogP contribution in [0.4, 0.5) is 0 Å². The molecule has 1 rings (SSSR count). The number of hydrazine groups is 2. The molecule has 0 atom stereocenters. The van der Waals surface area contributed by atoms with Gasteiger partial charge in [-0.05, 0) is 18.2 Å². The minimum Gasteiger partial charge on any atom is -0.277 e. The first-order valence-corrected chi connectivity index (χ1v) is 5.52. The number of benzene rings is 1. The third-order valence-electron chi connectivity index (χ3n) is 2.64. The van der Waals surface area contributed by atoms with E-state index in [2.05, 4.69) is 10.9 Å². The number of hydrogen-bond acceptors (Lipinski definition) is 4. The Morgan fingerprint density at radius 1 is 0.944 bits per heavy atom. The first-order valence-electron chi connectivity index (χ1n) is 5.52. The number of hydrogen-bond donors (Lipinski definition) is 2. The quantitative estimate of drug-likeness (QED) is 0.744. The number of carbonyl (C=O) groups excluding carboxylic acids is 2. The molecule has 0 unspecified atom stereocenters. The van der Waals surface area contributed by atoms with Crippen molar-refractivity contribution >= 4 is 11.8 Å². The lowest BCUT2D eigenvalue weighted by molar-refractivity contribution is 0.0733. The lowest BCUT2D eigenvalue weighted by atomic mass is 10.1. The summed E-state index contributed by atoms with van der Waals surface area (Å²) in [6.07, 6.45) is 0. The summed E-state index contributed by atoms with van der Waals surface area (Å²) in [5.41, 5.74) is 6.36. The van der Waals surface area contributed by atoms with E-state index in [0.717, 1.165) is 0 Å². The van der Waals surface area contributed by atoms with Gasteiger partial charge in [0.15, 0.2) is 0 Å². The van der Waals surface area contributed by atoms with Gasteiger partial charge < -0.3 is 0 Å². The van der Waals surface area contributed by atoms with Crippen LogP contribution in [0.3, 0.4) is 0 Å². The van der Waals surface area contributed by atoms with E-state index in [1.54, 1.807) is 52.5 Å². The van der Waals surface area contributed by atoms with E-state index in [9.17, 15) is 9.59 Å². The Bertz CT molecular complexity index is 410. The molecule has 6 heteroatoms. The number of rotatable bonds is 4. The zero-order valence-corrected chi connectivity index (χ0v) is 11.0. The zero-order chi connectivity index (χ0) is 13.7.